The number of aliphatic carboxylic acids is 3. The SMILES string of the molecule is CCCCCCCCCCCCCC/C=C/CCC[N+](CC(CC)C(=O)[O-])(CC(CC)C(=O)O)CC(CC)C(=O)O. The number of hydrogen-bond donors (Lipinski definition) is 2. The van der Waals surface area contributed by atoms with Gasteiger partial charge in [-0.3, -0.25) is 9.59 Å². The second-order valence-electron chi connectivity index (χ2n) is 12.2. The molecule has 0 bridgehead atoms. The third-order valence-corrected chi connectivity index (χ3v) is 8.73. The molecule has 0 saturated heterocycles. The summed E-state index contributed by atoms with van der Waals surface area (Å²) in [5.41, 5.74) is 0. The van der Waals surface area contributed by atoms with Gasteiger partial charge < -0.3 is 24.6 Å². The molecular formula is C34H63NO6. The highest BCUT2D eigenvalue weighted by atomic mass is 16.4. The molecule has 240 valence electrons. The van der Waals surface area contributed by atoms with Crippen LogP contribution in [-0.2, 0) is 14.4 Å². The van der Waals surface area contributed by atoms with Gasteiger partial charge in [-0.2, -0.15) is 0 Å². The number of carbonyl (C=O) groups is 3. The van der Waals surface area contributed by atoms with Crippen molar-refractivity contribution in [3.8, 4) is 0 Å². The number of quaternary nitrogens is 1. The van der Waals surface area contributed by atoms with E-state index in [1.54, 1.807) is 6.92 Å². The number of nitrogens with zero attached hydrogens (tertiary/aromatic N) is 1. The summed E-state index contributed by atoms with van der Waals surface area (Å²) >= 11 is 0. The predicted molar refractivity (Wildman–Crippen MR) is 165 cm³/mol. The van der Waals surface area contributed by atoms with Crippen LogP contribution in [0.15, 0.2) is 12.2 Å². The number of rotatable bonds is 29. The number of allylic oxidation sites excluding steroid dienone is 2. The summed E-state index contributed by atoms with van der Waals surface area (Å²) in [6.45, 7) is 8.91. The zero-order valence-corrected chi connectivity index (χ0v) is 26.9. The van der Waals surface area contributed by atoms with E-state index >= 15 is 0 Å². The van der Waals surface area contributed by atoms with E-state index in [4.69, 9.17) is 0 Å². The van der Waals surface area contributed by atoms with Gasteiger partial charge in [0.05, 0.1) is 32.1 Å². The van der Waals surface area contributed by atoms with E-state index in [0.29, 0.717) is 25.8 Å². The quantitative estimate of drug-likeness (QED) is 0.0547. The smallest absolute Gasteiger partial charge is 0.312 e. The van der Waals surface area contributed by atoms with Crippen LogP contribution in [0.3, 0.4) is 0 Å². The summed E-state index contributed by atoms with van der Waals surface area (Å²) in [7, 11) is 0. The Labute approximate surface area is 251 Å². The molecule has 0 aliphatic heterocycles. The average molecular weight is 582 g/mol. The van der Waals surface area contributed by atoms with E-state index in [2.05, 4.69) is 19.1 Å². The maximum atomic E-state index is 12.0. The van der Waals surface area contributed by atoms with Crippen molar-refractivity contribution in [1.82, 2.24) is 0 Å². The Morgan fingerprint density at radius 3 is 1.32 bits per heavy atom. The first-order valence-electron chi connectivity index (χ1n) is 16.8. The molecule has 0 heterocycles. The van der Waals surface area contributed by atoms with Crippen LogP contribution in [0.4, 0.5) is 0 Å². The standard InChI is InChI=1S/C34H63NO6/c1-5-9-10-11-12-13-14-15-16-17-18-19-20-21-22-23-24-25-35(26-29(6-2)32(36)37,27-30(7-3)33(38)39)28-31(8-4)34(40)41/h21-22,29-31H,5-20,23-28H2,1-4H3,(H2-,36,37,38,39,40,41)/b22-21+. The maximum Gasteiger partial charge on any atom is 0.312 e. The Kier molecular flexibility index (Phi) is 23.5. The fourth-order valence-electron chi connectivity index (χ4n) is 5.92. The molecule has 0 aromatic heterocycles. The minimum atomic E-state index is -1.15. The lowest BCUT2D eigenvalue weighted by atomic mass is 9.95. The number of carboxylic acids is 3. The van der Waals surface area contributed by atoms with Gasteiger partial charge in [0.25, 0.3) is 0 Å². The summed E-state index contributed by atoms with van der Waals surface area (Å²) in [5, 5.41) is 31.4. The first-order chi connectivity index (χ1) is 19.7. The van der Waals surface area contributed by atoms with Crippen molar-refractivity contribution in [2.24, 2.45) is 17.8 Å². The molecule has 0 saturated carbocycles. The van der Waals surface area contributed by atoms with Crippen molar-refractivity contribution in [1.29, 1.82) is 0 Å². The van der Waals surface area contributed by atoms with Crippen molar-refractivity contribution in [3.05, 3.63) is 12.2 Å². The molecule has 3 unspecified atom stereocenters. The van der Waals surface area contributed by atoms with Gasteiger partial charge in [0.2, 0.25) is 0 Å². The van der Waals surface area contributed by atoms with Crippen molar-refractivity contribution in [2.75, 3.05) is 26.2 Å². The van der Waals surface area contributed by atoms with Crippen molar-refractivity contribution in [3.63, 3.8) is 0 Å². The normalized spacial score (nSPS) is 15.4. The van der Waals surface area contributed by atoms with Crippen LogP contribution >= 0.6 is 0 Å². The molecule has 0 aromatic carbocycles. The Hall–Kier alpha value is -1.89. The molecule has 7 heteroatoms. The number of hydrogen-bond acceptors (Lipinski definition) is 4. The van der Waals surface area contributed by atoms with Crippen molar-refractivity contribution in [2.45, 2.75) is 143 Å². The van der Waals surface area contributed by atoms with Gasteiger partial charge in [-0.25, -0.2) is 0 Å². The van der Waals surface area contributed by atoms with E-state index in [9.17, 15) is 29.7 Å². The molecule has 2 N–H and O–H groups in total. The summed E-state index contributed by atoms with van der Waals surface area (Å²) in [5.74, 6) is -5.02. The topological polar surface area (TPSA) is 115 Å². The first-order valence-corrected chi connectivity index (χ1v) is 16.8. The third-order valence-electron chi connectivity index (χ3n) is 8.73. The van der Waals surface area contributed by atoms with E-state index < -0.39 is 35.7 Å². The van der Waals surface area contributed by atoms with Gasteiger partial charge in [0, 0.05) is 12.3 Å². The molecule has 0 fully saturated rings. The van der Waals surface area contributed by atoms with Gasteiger partial charge in [-0.1, -0.05) is 110 Å². The van der Waals surface area contributed by atoms with Crippen LogP contribution in [0.5, 0.6) is 0 Å². The molecule has 0 spiro atoms. The summed E-state index contributed by atoms with van der Waals surface area (Å²) < 4.78 is 0.189. The van der Waals surface area contributed by atoms with E-state index in [-0.39, 0.29) is 24.1 Å². The molecule has 0 aliphatic carbocycles. The van der Waals surface area contributed by atoms with Crippen molar-refractivity contribution < 1.29 is 34.2 Å². The lowest BCUT2D eigenvalue weighted by Crippen LogP contribution is -2.59. The Morgan fingerprint density at radius 1 is 0.585 bits per heavy atom. The molecule has 41 heavy (non-hydrogen) atoms. The monoisotopic (exact) mass is 581 g/mol. The Morgan fingerprint density at radius 2 is 0.951 bits per heavy atom. The lowest BCUT2D eigenvalue weighted by Gasteiger charge is -2.44. The van der Waals surface area contributed by atoms with E-state index in [0.717, 1.165) is 19.3 Å². The van der Waals surface area contributed by atoms with Crippen molar-refractivity contribution >= 4 is 17.9 Å². The maximum absolute atomic E-state index is 12.0. The second-order valence-corrected chi connectivity index (χ2v) is 12.2. The van der Waals surface area contributed by atoms with Gasteiger partial charge in [-0.05, 0) is 38.5 Å². The average Bonchev–Trinajstić information content (AvgIpc) is 2.94. The largest absolute Gasteiger partial charge is 0.550 e. The fraction of sp³-hybridized carbons (Fsp3) is 0.853. The van der Waals surface area contributed by atoms with E-state index in [1.165, 1.54) is 77.0 Å². The highest BCUT2D eigenvalue weighted by Gasteiger charge is 2.39. The first kappa shape index (κ1) is 39.1. The molecule has 0 aromatic rings. The molecule has 0 amide bonds. The highest BCUT2D eigenvalue weighted by Crippen LogP contribution is 2.25. The molecule has 0 rings (SSSR count). The Balaban J connectivity index is 4.86. The molecule has 7 nitrogen and oxygen atoms in total. The van der Waals surface area contributed by atoms with Crippen LogP contribution in [0, 0.1) is 17.8 Å². The summed E-state index contributed by atoms with van der Waals surface area (Å²) in [4.78, 5) is 35.8. The van der Waals surface area contributed by atoms with Crippen LogP contribution in [0.2, 0.25) is 0 Å². The zero-order chi connectivity index (χ0) is 30.9. The van der Waals surface area contributed by atoms with Crippen LogP contribution in [-0.4, -0.2) is 58.8 Å². The zero-order valence-electron chi connectivity index (χ0n) is 26.9. The van der Waals surface area contributed by atoms with Crippen LogP contribution < -0.4 is 5.11 Å². The number of carboxylic acid groups (broad SMARTS) is 3. The molecule has 0 aliphatic rings. The van der Waals surface area contributed by atoms with Gasteiger partial charge in [-0.15, -0.1) is 0 Å². The predicted octanol–water partition coefficient (Wildman–Crippen LogP) is 7.23. The molecule has 0 radical (unpaired) electrons. The third kappa shape index (κ3) is 19.0. The lowest BCUT2D eigenvalue weighted by molar-refractivity contribution is -0.935. The van der Waals surface area contributed by atoms with Gasteiger partial charge >= 0.3 is 11.9 Å². The van der Waals surface area contributed by atoms with Gasteiger partial charge in [0.15, 0.2) is 0 Å². The van der Waals surface area contributed by atoms with E-state index in [1.807, 2.05) is 13.8 Å². The van der Waals surface area contributed by atoms with Crippen LogP contribution in [0.1, 0.15) is 143 Å². The molecule has 3 atom stereocenters. The minimum Gasteiger partial charge on any atom is -0.550 e. The fourth-order valence-corrected chi connectivity index (χ4v) is 5.92. The second kappa shape index (κ2) is 24.7. The summed E-state index contributed by atoms with van der Waals surface area (Å²) in [6, 6.07) is 0. The number of unbranched alkanes of at least 4 members (excludes halogenated alkanes) is 13. The minimum absolute atomic E-state index is 0.189. The Bertz CT molecular complexity index is 662. The molecular weight excluding hydrogens is 518 g/mol. The highest BCUT2D eigenvalue weighted by molar-refractivity contribution is 5.70. The number of carbonyl (C=O) groups excluding carboxylic acids is 1. The summed E-state index contributed by atoms with van der Waals surface area (Å²) in [6.07, 6.45) is 24.2. The van der Waals surface area contributed by atoms with Gasteiger partial charge in [0.1, 0.15) is 11.8 Å². The van der Waals surface area contributed by atoms with Crippen LogP contribution in [0.25, 0.3) is 0 Å².